The van der Waals surface area contributed by atoms with Crippen LogP contribution in [0, 0.1) is 27.7 Å². The van der Waals surface area contributed by atoms with E-state index in [1.165, 1.54) is 83.5 Å². The molecule has 12 aromatic rings. The maximum Gasteiger partial charge on any atom is 0.143 e. The van der Waals surface area contributed by atoms with E-state index in [9.17, 15) is 0 Å². The smallest absolute Gasteiger partial charge is 0.143 e. The van der Waals surface area contributed by atoms with Crippen LogP contribution in [0.4, 0.5) is 0 Å². The van der Waals surface area contributed by atoms with Gasteiger partial charge < -0.3 is 8.83 Å². The number of furan rings is 2. The van der Waals surface area contributed by atoms with Crippen molar-refractivity contribution in [3.63, 3.8) is 0 Å². The highest BCUT2D eigenvalue weighted by molar-refractivity contribution is 6.10. The molecule has 70 heavy (non-hydrogen) atoms. The fourth-order valence-corrected chi connectivity index (χ4v) is 12.7. The van der Waals surface area contributed by atoms with Gasteiger partial charge in [0, 0.05) is 38.6 Å². The maximum absolute atomic E-state index is 6.56. The first-order valence-electron chi connectivity index (χ1n) is 24.8. The Kier molecular flexibility index (Phi) is 8.99. The topological polar surface area (TPSA) is 26.3 Å². The molecule has 2 heterocycles. The molecule has 0 bridgehead atoms. The van der Waals surface area contributed by atoms with Crippen molar-refractivity contribution in [2.24, 2.45) is 0 Å². The molecule has 0 amide bonds. The SMILES string of the molecule is Cc1cc2c(cc1C)C1(c3ccccc3-c3ccccc31)c1c(C)c(C)cc(C(CCc3ccc(-c4cccc5c4oc4ccccc45)cc3)c3ccc(-c4cccc5c4oc4ccccc45)cc3)c1-2. The maximum atomic E-state index is 6.56. The number of para-hydroxylation sites is 4. The fraction of sp³-hybridized carbons (Fsp3) is 0.118. The van der Waals surface area contributed by atoms with Gasteiger partial charge in [-0.15, -0.1) is 0 Å². The lowest BCUT2D eigenvalue weighted by Crippen LogP contribution is -2.27. The summed E-state index contributed by atoms with van der Waals surface area (Å²) in [5.74, 6) is 0.101. The Morgan fingerprint density at radius 1 is 0.414 bits per heavy atom. The van der Waals surface area contributed by atoms with Gasteiger partial charge in [0.15, 0.2) is 0 Å². The van der Waals surface area contributed by atoms with E-state index in [0.717, 1.165) is 79.0 Å². The highest BCUT2D eigenvalue weighted by atomic mass is 16.3. The predicted molar refractivity (Wildman–Crippen MR) is 290 cm³/mol. The molecule has 1 atom stereocenters. The molecule has 0 saturated heterocycles. The fourth-order valence-electron chi connectivity index (χ4n) is 12.7. The minimum Gasteiger partial charge on any atom is -0.455 e. The lowest BCUT2D eigenvalue weighted by Gasteiger charge is -2.33. The zero-order valence-corrected chi connectivity index (χ0v) is 39.9. The van der Waals surface area contributed by atoms with Gasteiger partial charge in [0.25, 0.3) is 0 Å². The molecule has 0 radical (unpaired) electrons. The first-order chi connectivity index (χ1) is 34.4. The van der Waals surface area contributed by atoms with E-state index < -0.39 is 5.41 Å². The molecular formula is C68H50O2. The van der Waals surface area contributed by atoms with Crippen LogP contribution in [0.2, 0.25) is 0 Å². The standard InChI is InChI=1S/C68H50O2/c1-40-37-58-61(39-41(40)2)68(59-23-9-5-15-51(59)52-16-6-10-24-60(52)68)65-43(4)42(3)38-57(64(58)65)48(45-32-34-47(35-33-45)50-20-14-22-56-54-18-8-12-26-63(54)70-67(50)56)36-29-44-27-30-46(31-28-44)49-19-13-21-55-53-17-7-11-25-62(53)69-66(49)55/h5-28,30-35,37-39,48H,29,36H2,1-4H3. The normalized spacial score (nSPS) is 13.6. The summed E-state index contributed by atoms with van der Waals surface area (Å²) in [4.78, 5) is 0. The van der Waals surface area contributed by atoms with Crippen molar-refractivity contribution in [2.75, 3.05) is 0 Å². The quantitative estimate of drug-likeness (QED) is 0.159. The van der Waals surface area contributed by atoms with Crippen molar-refractivity contribution in [3.8, 4) is 44.5 Å². The van der Waals surface area contributed by atoms with Crippen molar-refractivity contribution in [3.05, 3.63) is 261 Å². The van der Waals surface area contributed by atoms with Crippen LogP contribution < -0.4 is 0 Å². The molecular weight excluding hydrogens is 849 g/mol. The highest BCUT2D eigenvalue weighted by Gasteiger charge is 2.53. The molecule has 14 rings (SSSR count). The van der Waals surface area contributed by atoms with Crippen LogP contribution in [-0.2, 0) is 11.8 Å². The second kappa shape index (κ2) is 15.4. The molecule has 2 aromatic heterocycles. The highest BCUT2D eigenvalue weighted by Crippen LogP contribution is 2.65. The van der Waals surface area contributed by atoms with Crippen molar-refractivity contribution in [1.29, 1.82) is 0 Å². The minimum absolute atomic E-state index is 0.101. The number of hydrogen-bond acceptors (Lipinski definition) is 2. The average molecular weight is 899 g/mol. The molecule has 2 nitrogen and oxygen atoms in total. The Hall–Kier alpha value is -8.20. The van der Waals surface area contributed by atoms with Gasteiger partial charge in [-0.25, -0.2) is 0 Å². The summed E-state index contributed by atoms with van der Waals surface area (Å²) in [7, 11) is 0. The van der Waals surface area contributed by atoms with E-state index in [0.29, 0.717) is 0 Å². The van der Waals surface area contributed by atoms with Gasteiger partial charge in [-0.1, -0.05) is 188 Å². The van der Waals surface area contributed by atoms with Crippen molar-refractivity contribution in [2.45, 2.75) is 51.9 Å². The third-order valence-corrected chi connectivity index (χ3v) is 16.3. The number of benzene rings is 10. The van der Waals surface area contributed by atoms with Crippen LogP contribution in [0.5, 0.6) is 0 Å². The molecule has 1 unspecified atom stereocenters. The zero-order valence-electron chi connectivity index (χ0n) is 39.9. The molecule has 0 N–H and O–H groups in total. The Morgan fingerprint density at radius 3 is 1.51 bits per heavy atom. The monoisotopic (exact) mass is 898 g/mol. The van der Waals surface area contributed by atoms with Gasteiger partial charge >= 0.3 is 0 Å². The number of aryl methyl sites for hydroxylation is 4. The minimum atomic E-state index is -0.431. The van der Waals surface area contributed by atoms with Crippen LogP contribution in [0.1, 0.15) is 73.5 Å². The van der Waals surface area contributed by atoms with Crippen molar-refractivity contribution < 1.29 is 8.83 Å². The van der Waals surface area contributed by atoms with Gasteiger partial charge in [0.05, 0.1) is 5.41 Å². The lowest BCUT2D eigenvalue weighted by atomic mass is 9.68. The Bertz CT molecular complexity index is 4060. The molecule has 334 valence electrons. The van der Waals surface area contributed by atoms with Gasteiger partial charge in [-0.2, -0.15) is 0 Å². The van der Waals surface area contributed by atoms with Gasteiger partial charge in [-0.05, 0) is 147 Å². The van der Waals surface area contributed by atoms with E-state index in [2.05, 4.69) is 216 Å². The summed E-state index contributed by atoms with van der Waals surface area (Å²) in [6.45, 7) is 9.30. The summed E-state index contributed by atoms with van der Waals surface area (Å²) in [5, 5.41) is 4.60. The summed E-state index contributed by atoms with van der Waals surface area (Å²) < 4.78 is 13.0. The Morgan fingerprint density at radius 2 is 0.914 bits per heavy atom. The van der Waals surface area contributed by atoms with Gasteiger partial charge in [0.2, 0.25) is 0 Å². The second-order valence-electron chi connectivity index (χ2n) is 20.0. The van der Waals surface area contributed by atoms with E-state index in [1.807, 2.05) is 12.1 Å². The molecule has 2 heteroatoms. The first-order valence-corrected chi connectivity index (χ1v) is 24.8. The molecule has 2 aliphatic rings. The van der Waals surface area contributed by atoms with E-state index in [-0.39, 0.29) is 5.92 Å². The van der Waals surface area contributed by atoms with Crippen LogP contribution in [0.3, 0.4) is 0 Å². The second-order valence-corrected chi connectivity index (χ2v) is 20.0. The molecule has 2 aliphatic carbocycles. The lowest BCUT2D eigenvalue weighted by molar-refractivity contribution is 0.669. The largest absolute Gasteiger partial charge is 0.455 e. The summed E-state index contributed by atoms with van der Waals surface area (Å²) >= 11 is 0. The molecule has 10 aromatic carbocycles. The summed E-state index contributed by atoms with van der Waals surface area (Å²) in [6, 6.07) is 74.4. The van der Waals surface area contributed by atoms with E-state index in [4.69, 9.17) is 8.83 Å². The first kappa shape index (κ1) is 40.8. The number of hydrogen-bond donors (Lipinski definition) is 0. The predicted octanol–water partition coefficient (Wildman–Crippen LogP) is 18.2. The van der Waals surface area contributed by atoms with Crippen LogP contribution in [-0.4, -0.2) is 0 Å². The summed E-state index contributed by atoms with van der Waals surface area (Å²) in [5.41, 5.74) is 28.3. The van der Waals surface area contributed by atoms with Gasteiger partial charge in [-0.3, -0.25) is 0 Å². The Balaban J connectivity index is 0.936. The Labute approximate surface area is 408 Å². The van der Waals surface area contributed by atoms with Crippen LogP contribution >= 0.6 is 0 Å². The van der Waals surface area contributed by atoms with Crippen LogP contribution in [0.15, 0.2) is 209 Å². The molecule has 0 fully saturated rings. The average Bonchev–Trinajstić information content (AvgIpc) is 4.14. The molecule has 0 saturated carbocycles. The van der Waals surface area contributed by atoms with E-state index in [1.54, 1.807) is 0 Å². The third kappa shape index (κ3) is 5.80. The van der Waals surface area contributed by atoms with Crippen molar-refractivity contribution >= 4 is 43.9 Å². The van der Waals surface area contributed by atoms with Crippen molar-refractivity contribution in [1.82, 2.24) is 0 Å². The third-order valence-electron chi connectivity index (χ3n) is 16.3. The molecule has 0 aliphatic heterocycles. The van der Waals surface area contributed by atoms with E-state index >= 15 is 0 Å². The van der Waals surface area contributed by atoms with Crippen LogP contribution in [0.25, 0.3) is 88.4 Å². The number of fused-ring (bicyclic) bond motifs is 16. The van der Waals surface area contributed by atoms with Gasteiger partial charge in [0.1, 0.15) is 22.3 Å². The molecule has 1 spiro atoms. The zero-order chi connectivity index (χ0) is 46.8. The summed E-state index contributed by atoms with van der Waals surface area (Å²) in [6.07, 6.45) is 1.85. The number of rotatable bonds is 7.